The molecule has 0 N–H and O–H groups in total. The van der Waals surface area contributed by atoms with Gasteiger partial charge in [0.2, 0.25) is 0 Å². The average molecular weight is 299 g/mol. The third-order valence-electron chi connectivity index (χ3n) is 2.93. The fourth-order valence-corrected chi connectivity index (χ4v) is 2.59. The minimum Gasteiger partial charge on any atom is -0.377 e. The summed E-state index contributed by atoms with van der Waals surface area (Å²) in [5.41, 5.74) is 1.26. The van der Waals surface area contributed by atoms with Gasteiger partial charge >= 0.3 is 0 Å². The van der Waals surface area contributed by atoms with Gasteiger partial charge in [-0.1, -0.05) is 59.6 Å². The van der Waals surface area contributed by atoms with E-state index in [9.17, 15) is 0 Å². The van der Waals surface area contributed by atoms with E-state index in [0.717, 1.165) is 24.5 Å². The van der Waals surface area contributed by atoms with Gasteiger partial charge < -0.3 is 4.74 Å². The first kappa shape index (κ1) is 14.7. The number of hydrogen-bond acceptors (Lipinski definition) is 1. The molecule has 0 aromatic heterocycles. The summed E-state index contributed by atoms with van der Waals surface area (Å²) in [5, 5.41) is 1.12. The lowest BCUT2D eigenvalue weighted by atomic mass is 10.0. The van der Waals surface area contributed by atoms with Crippen LogP contribution < -0.4 is 0 Å². The molecule has 0 saturated carbocycles. The Morgan fingerprint density at radius 3 is 2.59 bits per heavy atom. The van der Waals surface area contributed by atoms with Crippen LogP contribution in [0.25, 0.3) is 0 Å². The predicted octanol–water partition coefficient (Wildman–Crippen LogP) is 4.79. The van der Waals surface area contributed by atoms with Crippen molar-refractivity contribution in [2.75, 3.05) is 11.9 Å². The SMILES string of the molecule is CCCC(CBr)CCCOCc1ccccc1. The smallest absolute Gasteiger partial charge is 0.0716 e. The summed E-state index contributed by atoms with van der Waals surface area (Å²) in [6, 6.07) is 10.4. The van der Waals surface area contributed by atoms with Crippen LogP contribution in [0.5, 0.6) is 0 Å². The maximum atomic E-state index is 5.68. The summed E-state index contributed by atoms with van der Waals surface area (Å²) >= 11 is 3.58. The van der Waals surface area contributed by atoms with Crippen LogP contribution in [0, 0.1) is 5.92 Å². The third-order valence-corrected chi connectivity index (χ3v) is 3.84. The Morgan fingerprint density at radius 2 is 1.94 bits per heavy atom. The van der Waals surface area contributed by atoms with Crippen LogP contribution in [0.4, 0.5) is 0 Å². The van der Waals surface area contributed by atoms with Crippen molar-refractivity contribution in [3.63, 3.8) is 0 Å². The Labute approximate surface area is 114 Å². The number of alkyl halides is 1. The molecule has 0 radical (unpaired) electrons. The molecule has 1 aromatic rings. The van der Waals surface area contributed by atoms with E-state index < -0.39 is 0 Å². The summed E-state index contributed by atoms with van der Waals surface area (Å²) in [5.74, 6) is 0.820. The van der Waals surface area contributed by atoms with Crippen LogP contribution in [0.3, 0.4) is 0 Å². The molecule has 0 saturated heterocycles. The Kier molecular flexibility index (Phi) is 8.37. The van der Waals surface area contributed by atoms with Crippen LogP contribution in [-0.2, 0) is 11.3 Å². The first-order chi connectivity index (χ1) is 8.36. The Morgan fingerprint density at radius 1 is 1.18 bits per heavy atom. The minimum absolute atomic E-state index is 0.744. The maximum Gasteiger partial charge on any atom is 0.0716 e. The van der Waals surface area contributed by atoms with Gasteiger partial charge in [0, 0.05) is 11.9 Å². The van der Waals surface area contributed by atoms with E-state index in [2.05, 4.69) is 47.1 Å². The zero-order valence-corrected chi connectivity index (χ0v) is 12.3. The molecule has 0 aliphatic rings. The molecular formula is C15H23BrO. The highest BCUT2D eigenvalue weighted by molar-refractivity contribution is 9.09. The topological polar surface area (TPSA) is 9.23 Å². The van der Waals surface area contributed by atoms with Gasteiger partial charge in [0.25, 0.3) is 0 Å². The lowest BCUT2D eigenvalue weighted by molar-refractivity contribution is 0.114. The zero-order chi connectivity index (χ0) is 12.3. The van der Waals surface area contributed by atoms with E-state index in [1.807, 2.05) is 6.07 Å². The number of rotatable bonds is 9. The van der Waals surface area contributed by atoms with Gasteiger partial charge in [-0.25, -0.2) is 0 Å². The molecule has 1 rings (SSSR count). The summed E-state index contributed by atoms with van der Waals surface area (Å²) in [6.45, 7) is 3.87. The van der Waals surface area contributed by atoms with Crippen molar-refractivity contribution in [1.82, 2.24) is 0 Å². The number of hydrogen-bond donors (Lipinski definition) is 0. The van der Waals surface area contributed by atoms with E-state index in [-0.39, 0.29) is 0 Å². The zero-order valence-electron chi connectivity index (χ0n) is 10.7. The summed E-state index contributed by atoms with van der Waals surface area (Å²) < 4.78 is 5.68. The largest absolute Gasteiger partial charge is 0.377 e. The van der Waals surface area contributed by atoms with Crippen LogP contribution in [0.1, 0.15) is 38.2 Å². The Bertz CT molecular complexity index is 274. The van der Waals surface area contributed by atoms with E-state index in [1.54, 1.807) is 0 Å². The van der Waals surface area contributed by atoms with E-state index >= 15 is 0 Å². The molecular weight excluding hydrogens is 276 g/mol. The molecule has 0 spiro atoms. The second kappa shape index (κ2) is 9.67. The summed E-state index contributed by atoms with van der Waals surface area (Å²) in [4.78, 5) is 0. The monoisotopic (exact) mass is 298 g/mol. The van der Waals surface area contributed by atoms with Gasteiger partial charge in [-0.2, -0.15) is 0 Å². The van der Waals surface area contributed by atoms with Gasteiger partial charge in [-0.15, -0.1) is 0 Å². The van der Waals surface area contributed by atoms with Gasteiger partial charge in [-0.3, -0.25) is 0 Å². The molecule has 0 bridgehead atoms. The van der Waals surface area contributed by atoms with Gasteiger partial charge in [0.1, 0.15) is 0 Å². The molecule has 0 amide bonds. The van der Waals surface area contributed by atoms with Crippen molar-refractivity contribution in [1.29, 1.82) is 0 Å². The second-order valence-electron chi connectivity index (χ2n) is 4.49. The molecule has 1 aromatic carbocycles. The second-order valence-corrected chi connectivity index (χ2v) is 5.14. The molecule has 2 heteroatoms. The quantitative estimate of drug-likeness (QED) is 0.470. The molecule has 0 heterocycles. The van der Waals surface area contributed by atoms with Crippen molar-refractivity contribution in [2.24, 2.45) is 5.92 Å². The van der Waals surface area contributed by atoms with Gasteiger partial charge in [-0.05, 0) is 30.7 Å². The average Bonchev–Trinajstić information content (AvgIpc) is 2.38. The normalized spacial score (nSPS) is 12.6. The molecule has 1 atom stereocenters. The third kappa shape index (κ3) is 6.85. The standard InChI is InChI=1S/C15H23BrO/c1-2-7-14(12-16)10-6-11-17-13-15-8-4-3-5-9-15/h3-5,8-9,14H,2,6-7,10-13H2,1H3. The van der Waals surface area contributed by atoms with Gasteiger partial charge in [0.15, 0.2) is 0 Å². The van der Waals surface area contributed by atoms with Crippen molar-refractivity contribution >= 4 is 15.9 Å². The van der Waals surface area contributed by atoms with E-state index in [1.165, 1.54) is 31.2 Å². The lowest BCUT2D eigenvalue weighted by Gasteiger charge is -2.12. The minimum atomic E-state index is 0.744. The highest BCUT2D eigenvalue weighted by Crippen LogP contribution is 2.16. The lowest BCUT2D eigenvalue weighted by Crippen LogP contribution is -2.04. The van der Waals surface area contributed by atoms with Crippen molar-refractivity contribution in [3.8, 4) is 0 Å². The first-order valence-electron chi connectivity index (χ1n) is 6.54. The molecule has 1 unspecified atom stereocenters. The van der Waals surface area contributed by atoms with Crippen molar-refractivity contribution in [2.45, 2.75) is 39.2 Å². The van der Waals surface area contributed by atoms with Gasteiger partial charge in [0.05, 0.1) is 6.61 Å². The van der Waals surface area contributed by atoms with E-state index in [0.29, 0.717) is 0 Å². The Hall–Kier alpha value is -0.340. The molecule has 0 aliphatic carbocycles. The number of halogens is 1. The van der Waals surface area contributed by atoms with Crippen LogP contribution in [-0.4, -0.2) is 11.9 Å². The van der Waals surface area contributed by atoms with Crippen LogP contribution in [0.15, 0.2) is 30.3 Å². The van der Waals surface area contributed by atoms with Crippen molar-refractivity contribution in [3.05, 3.63) is 35.9 Å². The highest BCUT2D eigenvalue weighted by Gasteiger charge is 2.05. The molecule has 0 aliphatic heterocycles. The van der Waals surface area contributed by atoms with Crippen molar-refractivity contribution < 1.29 is 4.74 Å². The molecule has 1 nitrogen and oxygen atoms in total. The summed E-state index contributed by atoms with van der Waals surface area (Å²) in [7, 11) is 0. The molecule has 96 valence electrons. The first-order valence-corrected chi connectivity index (χ1v) is 7.66. The Balaban J connectivity index is 2.04. The van der Waals surface area contributed by atoms with Crippen LogP contribution in [0.2, 0.25) is 0 Å². The summed E-state index contributed by atoms with van der Waals surface area (Å²) in [6.07, 6.45) is 5.04. The predicted molar refractivity (Wildman–Crippen MR) is 77.5 cm³/mol. The van der Waals surface area contributed by atoms with Crippen LogP contribution >= 0.6 is 15.9 Å². The number of ether oxygens (including phenoxy) is 1. The number of benzene rings is 1. The fourth-order valence-electron chi connectivity index (χ4n) is 1.95. The maximum absolute atomic E-state index is 5.68. The molecule has 17 heavy (non-hydrogen) atoms. The molecule has 0 fully saturated rings. The van der Waals surface area contributed by atoms with E-state index in [4.69, 9.17) is 4.74 Å². The fraction of sp³-hybridized carbons (Fsp3) is 0.600. The highest BCUT2D eigenvalue weighted by atomic mass is 79.9.